The van der Waals surface area contributed by atoms with Crippen molar-refractivity contribution < 1.29 is 17.6 Å². The molecule has 124 valence electrons. The third kappa shape index (κ3) is 3.27. The fourth-order valence-corrected chi connectivity index (χ4v) is 3.55. The molecule has 1 aromatic heterocycles. The van der Waals surface area contributed by atoms with Crippen LogP contribution < -0.4 is 5.32 Å². The number of carbonyl (C=O) groups excluding carboxylic acids is 1. The van der Waals surface area contributed by atoms with E-state index >= 15 is 0 Å². The first-order chi connectivity index (χ1) is 11.2. The van der Waals surface area contributed by atoms with Crippen molar-refractivity contribution in [1.82, 2.24) is 4.98 Å². The van der Waals surface area contributed by atoms with Crippen LogP contribution in [0.1, 0.15) is 16.2 Å². The van der Waals surface area contributed by atoms with Gasteiger partial charge >= 0.3 is 0 Å². The van der Waals surface area contributed by atoms with Crippen LogP contribution in [0.15, 0.2) is 45.7 Å². The monoisotopic (exact) mass is 364 g/mol. The van der Waals surface area contributed by atoms with Crippen LogP contribution in [0.4, 0.5) is 5.69 Å². The summed E-state index contributed by atoms with van der Waals surface area (Å²) in [6.45, 7) is 1.73. The Morgan fingerprint density at radius 1 is 1.21 bits per heavy atom. The highest BCUT2D eigenvalue weighted by molar-refractivity contribution is 7.90. The normalized spacial score (nSPS) is 11.6. The minimum absolute atomic E-state index is 0.0774. The maximum absolute atomic E-state index is 12.4. The Balaban J connectivity index is 1.91. The van der Waals surface area contributed by atoms with Crippen LogP contribution >= 0.6 is 11.6 Å². The SMILES string of the molecule is Cc1nc2cc(NC(=O)c3ccc(Cl)c(S(C)(=O)=O)c3)ccc2o1. The number of benzene rings is 2. The summed E-state index contributed by atoms with van der Waals surface area (Å²) >= 11 is 5.88. The molecule has 0 unspecified atom stereocenters. The third-order valence-electron chi connectivity index (χ3n) is 3.35. The minimum Gasteiger partial charge on any atom is -0.441 e. The first kappa shape index (κ1) is 16.5. The number of carbonyl (C=O) groups is 1. The van der Waals surface area contributed by atoms with Gasteiger partial charge in [-0.3, -0.25) is 4.79 Å². The molecule has 2 aromatic carbocycles. The van der Waals surface area contributed by atoms with Crippen LogP contribution in [0.5, 0.6) is 0 Å². The lowest BCUT2D eigenvalue weighted by atomic mass is 10.2. The number of anilines is 1. The fourth-order valence-electron chi connectivity index (χ4n) is 2.25. The second kappa shape index (κ2) is 5.92. The summed E-state index contributed by atoms with van der Waals surface area (Å²) in [6, 6.07) is 9.16. The summed E-state index contributed by atoms with van der Waals surface area (Å²) in [4.78, 5) is 16.5. The number of halogens is 1. The average Bonchev–Trinajstić information content (AvgIpc) is 2.85. The third-order valence-corrected chi connectivity index (χ3v) is 4.92. The van der Waals surface area contributed by atoms with E-state index < -0.39 is 15.7 Å². The van der Waals surface area contributed by atoms with E-state index in [2.05, 4.69) is 10.3 Å². The molecule has 0 radical (unpaired) electrons. The molecule has 0 saturated heterocycles. The summed E-state index contributed by atoms with van der Waals surface area (Å²) in [5.41, 5.74) is 1.96. The zero-order valence-electron chi connectivity index (χ0n) is 12.8. The van der Waals surface area contributed by atoms with Gasteiger partial charge in [0.1, 0.15) is 5.52 Å². The zero-order chi connectivity index (χ0) is 17.5. The predicted molar refractivity (Wildman–Crippen MR) is 91.3 cm³/mol. The molecule has 1 amide bonds. The number of nitrogens with zero attached hydrogens (tertiary/aromatic N) is 1. The Kier molecular flexibility index (Phi) is 4.06. The second-order valence-electron chi connectivity index (χ2n) is 5.29. The van der Waals surface area contributed by atoms with E-state index in [1.54, 1.807) is 25.1 Å². The number of rotatable bonds is 3. The van der Waals surface area contributed by atoms with Crippen LogP contribution in [0.25, 0.3) is 11.1 Å². The van der Waals surface area contributed by atoms with E-state index in [4.69, 9.17) is 16.0 Å². The van der Waals surface area contributed by atoms with Gasteiger partial charge in [-0.25, -0.2) is 13.4 Å². The summed E-state index contributed by atoms with van der Waals surface area (Å²) in [7, 11) is -3.52. The van der Waals surface area contributed by atoms with E-state index in [0.29, 0.717) is 22.7 Å². The molecule has 0 atom stereocenters. The highest BCUT2D eigenvalue weighted by atomic mass is 35.5. The molecule has 3 rings (SSSR count). The van der Waals surface area contributed by atoms with Crippen molar-refractivity contribution in [2.24, 2.45) is 0 Å². The van der Waals surface area contributed by atoms with Gasteiger partial charge in [0.15, 0.2) is 21.3 Å². The van der Waals surface area contributed by atoms with E-state index in [1.807, 2.05) is 0 Å². The molecule has 0 saturated carbocycles. The highest BCUT2D eigenvalue weighted by Gasteiger charge is 2.16. The number of sulfone groups is 1. The zero-order valence-corrected chi connectivity index (χ0v) is 14.4. The Morgan fingerprint density at radius 2 is 1.96 bits per heavy atom. The molecule has 0 aliphatic heterocycles. The van der Waals surface area contributed by atoms with Gasteiger partial charge in [-0.2, -0.15) is 0 Å². The van der Waals surface area contributed by atoms with Crippen molar-refractivity contribution in [2.45, 2.75) is 11.8 Å². The smallest absolute Gasteiger partial charge is 0.255 e. The van der Waals surface area contributed by atoms with Crippen LogP contribution in [-0.2, 0) is 9.84 Å². The van der Waals surface area contributed by atoms with Gasteiger partial charge in [0.05, 0.1) is 9.92 Å². The number of nitrogens with one attached hydrogen (secondary N) is 1. The Hall–Kier alpha value is -2.38. The number of aromatic nitrogens is 1. The van der Waals surface area contributed by atoms with Crippen molar-refractivity contribution in [3.8, 4) is 0 Å². The van der Waals surface area contributed by atoms with Crippen molar-refractivity contribution in [3.63, 3.8) is 0 Å². The Bertz CT molecular complexity index is 1060. The quantitative estimate of drug-likeness (QED) is 0.768. The molecule has 1 N–H and O–H groups in total. The summed E-state index contributed by atoms with van der Waals surface area (Å²) in [6.07, 6.45) is 1.04. The van der Waals surface area contributed by atoms with Gasteiger partial charge in [-0.15, -0.1) is 0 Å². The van der Waals surface area contributed by atoms with Crippen molar-refractivity contribution >= 4 is 44.1 Å². The highest BCUT2D eigenvalue weighted by Crippen LogP contribution is 2.24. The molecular formula is C16H13ClN2O4S. The molecular weight excluding hydrogens is 352 g/mol. The number of fused-ring (bicyclic) bond motifs is 1. The van der Waals surface area contributed by atoms with E-state index in [-0.39, 0.29) is 15.5 Å². The topological polar surface area (TPSA) is 89.3 Å². The van der Waals surface area contributed by atoms with Gasteiger partial charge in [0, 0.05) is 24.4 Å². The number of hydrogen-bond donors (Lipinski definition) is 1. The van der Waals surface area contributed by atoms with E-state index in [0.717, 1.165) is 6.26 Å². The van der Waals surface area contributed by atoms with Gasteiger partial charge < -0.3 is 9.73 Å². The molecule has 0 aliphatic carbocycles. The molecule has 0 spiro atoms. The lowest BCUT2D eigenvalue weighted by molar-refractivity contribution is 0.102. The molecule has 0 bridgehead atoms. The number of aryl methyl sites for hydroxylation is 1. The second-order valence-corrected chi connectivity index (χ2v) is 7.68. The Morgan fingerprint density at radius 3 is 2.67 bits per heavy atom. The van der Waals surface area contributed by atoms with Crippen molar-refractivity contribution in [1.29, 1.82) is 0 Å². The standard InChI is InChI=1S/C16H13ClN2O4S/c1-9-18-13-8-11(4-6-14(13)23-9)19-16(20)10-3-5-12(17)15(7-10)24(2,21)22/h3-8H,1-2H3,(H,19,20). The summed E-state index contributed by atoms with van der Waals surface area (Å²) < 4.78 is 28.8. The van der Waals surface area contributed by atoms with E-state index in [9.17, 15) is 13.2 Å². The van der Waals surface area contributed by atoms with Crippen molar-refractivity contribution in [3.05, 3.63) is 52.9 Å². The van der Waals surface area contributed by atoms with Crippen LogP contribution in [0.3, 0.4) is 0 Å². The van der Waals surface area contributed by atoms with E-state index in [1.165, 1.54) is 18.2 Å². The lowest BCUT2D eigenvalue weighted by Crippen LogP contribution is -2.13. The molecule has 1 heterocycles. The van der Waals surface area contributed by atoms with Gasteiger partial charge in [0.2, 0.25) is 0 Å². The average molecular weight is 365 g/mol. The van der Waals surface area contributed by atoms with Crippen LogP contribution in [0.2, 0.25) is 5.02 Å². The minimum atomic E-state index is -3.52. The molecule has 3 aromatic rings. The largest absolute Gasteiger partial charge is 0.441 e. The summed E-state index contributed by atoms with van der Waals surface area (Å²) in [5.74, 6) is 0.0834. The van der Waals surface area contributed by atoms with Gasteiger partial charge in [-0.1, -0.05) is 11.6 Å². The molecule has 0 fully saturated rings. The van der Waals surface area contributed by atoms with Gasteiger partial charge in [-0.05, 0) is 36.4 Å². The number of hydrogen-bond acceptors (Lipinski definition) is 5. The first-order valence-corrected chi connectivity index (χ1v) is 9.19. The fraction of sp³-hybridized carbons (Fsp3) is 0.125. The first-order valence-electron chi connectivity index (χ1n) is 6.92. The van der Waals surface area contributed by atoms with Gasteiger partial charge in [0.25, 0.3) is 5.91 Å². The number of amides is 1. The summed E-state index contributed by atoms with van der Waals surface area (Å²) in [5, 5.41) is 2.78. The maximum atomic E-state index is 12.4. The number of oxazole rings is 1. The molecule has 8 heteroatoms. The molecule has 6 nitrogen and oxygen atoms in total. The maximum Gasteiger partial charge on any atom is 0.255 e. The molecule has 0 aliphatic rings. The molecule has 24 heavy (non-hydrogen) atoms. The van der Waals surface area contributed by atoms with Crippen molar-refractivity contribution in [2.75, 3.05) is 11.6 Å². The lowest BCUT2D eigenvalue weighted by Gasteiger charge is -2.07. The predicted octanol–water partition coefficient (Wildman–Crippen LogP) is 3.45. The Labute approximate surface area is 143 Å². The van der Waals surface area contributed by atoms with Crippen LogP contribution in [0, 0.1) is 6.92 Å². The van der Waals surface area contributed by atoms with Crippen LogP contribution in [-0.4, -0.2) is 25.6 Å².